The van der Waals surface area contributed by atoms with Gasteiger partial charge in [0.25, 0.3) is 35.5 Å². The molecule has 30 nitrogen and oxygen atoms in total. The number of carbonyl (C=O) groups is 9. The molecule has 9 saturated heterocycles. The lowest BCUT2D eigenvalue weighted by Crippen LogP contribution is -2.72. The zero-order chi connectivity index (χ0) is 90.0. The zero-order valence-electron chi connectivity index (χ0n) is 75.1. The van der Waals surface area contributed by atoms with Crippen LogP contribution in [0.4, 0.5) is 0 Å². The van der Waals surface area contributed by atoms with Crippen LogP contribution in [0.1, 0.15) is 153 Å². The predicted octanol–water partition coefficient (Wildman–Crippen LogP) is 7.10. The molecule has 22 rings (SSSR count). The number of amides is 9. The van der Waals surface area contributed by atoms with Crippen LogP contribution in [-0.4, -0.2) is 277 Å². The molecule has 15 heterocycles. The van der Waals surface area contributed by atoms with Crippen molar-refractivity contribution in [2.75, 3.05) is 60.4 Å². The summed E-state index contributed by atoms with van der Waals surface area (Å²) in [6.45, 7) is 21.5. The highest BCUT2D eigenvalue weighted by atomic mass is 16.7. The highest BCUT2D eigenvalue weighted by molar-refractivity contribution is 6.05. The molecule has 0 spiro atoms. The van der Waals surface area contributed by atoms with Gasteiger partial charge in [-0.2, -0.15) is 0 Å². The van der Waals surface area contributed by atoms with Gasteiger partial charge in [-0.25, -0.2) is 0 Å². The number of fused-ring (bicyclic) bond motifs is 15. The number of H-pyrrole nitrogens is 3. The molecule has 676 valence electrons. The number of hydrogen-bond donors (Lipinski definition) is 9. The number of aromatic amines is 3. The molecule has 15 aliphatic rings. The number of hydrogen-bond acceptors (Lipinski definition) is 18. The summed E-state index contributed by atoms with van der Waals surface area (Å²) in [6.07, 6.45) is 19.2. The Bertz CT molecular complexity index is 5870. The van der Waals surface area contributed by atoms with E-state index in [2.05, 4.69) is 101 Å². The van der Waals surface area contributed by atoms with E-state index in [0.29, 0.717) is 77.8 Å². The first kappa shape index (κ1) is 85.7. The van der Waals surface area contributed by atoms with E-state index >= 15 is 0 Å². The first-order chi connectivity index (χ1) is 61.1. The second-order valence-corrected chi connectivity index (χ2v) is 40.3. The van der Waals surface area contributed by atoms with Crippen LogP contribution in [0.15, 0.2) is 122 Å². The minimum atomic E-state index is -2.06. The molecule has 9 amide bonds. The average Bonchev–Trinajstić information content (AvgIpc) is 1.54. The van der Waals surface area contributed by atoms with Crippen molar-refractivity contribution in [2.45, 2.75) is 229 Å². The van der Waals surface area contributed by atoms with Crippen molar-refractivity contribution in [1.82, 2.24) is 75.0 Å². The number of piperazine rings is 3. The molecule has 0 saturated carbocycles. The average molecular weight is 1750 g/mol. The smallest absolute Gasteiger partial charge is 0.281 e. The highest BCUT2D eigenvalue weighted by Crippen LogP contribution is 2.54. The predicted molar refractivity (Wildman–Crippen MR) is 475 cm³/mol. The largest absolute Gasteiger partial charge is 0.361 e. The van der Waals surface area contributed by atoms with Gasteiger partial charge in [0, 0.05) is 133 Å². The number of nitrogens with one attached hydrogen (secondary N) is 6. The summed E-state index contributed by atoms with van der Waals surface area (Å²) in [4.78, 5) is 152. The van der Waals surface area contributed by atoms with Crippen molar-refractivity contribution in [3.63, 3.8) is 0 Å². The Kier molecular flexibility index (Phi) is 20.7. The van der Waals surface area contributed by atoms with Crippen molar-refractivity contribution in [3.05, 3.63) is 161 Å². The summed E-state index contributed by atoms with van der Waals surface area (Å²) in [7, 11) is 6.09. The van der Waals surface area contributed by atoms with Gasteiger partial charge in [-0.15, -0.1) is 0 Å². The van der Waals surface area contributed by atoms with Gasteiger partial charge in [0.1, 0.15) is 36.3 Å². The van der Waals surface area contributed by atoms with Gasteiger partial charge in [-0.1, -0.05) is 154 Å². The van der Waals surface area contributed by atoms with Crippen molar-refractivity contribution in [1.29, 1.82) is 0 Å². The maximum atomic E-state index is 14.6. The van der Waals surface area contributed by atoms with Gasteiger partial charge in [-0.05, 0) is 171 Å². The lowest BCUT2D eigenvalue weighted by Gasteiger charge is -2.49. The van der Waals surface area contributed by atoms with Crippen molar-refractivity contribution >= 4 is 103 Å². The van der Waals surface area contributed by atoms with E-state index in [9.17, 15) is 58.5 Å². The molecule has 18 atom stereocenters. The topological polar surface area (TPSA) is 355 Å². The van der Waals surface area contributed by atoms with Crippen LogP contribution in [0.25, 0.3) is 49.4 Å². The number of aliphatic hydroxyl groups is 3. The number of likely N-dealkylation sites (N-methyl/N-ethyl adjacent to an activating group) is 3. The number of rotatable bonds is 14. The van der Waals surface area contributed by atoms with Crippen LogP contribution in [-0.2, 0) is 83.0 Å². The second kappa shape index (κ2) is 30.9. The standard InChI is InChI=1S/C35H39N5O5.C32H41N5O5.C31H39N5O5/c1-20(2)34(37-31(41)23-16-25-24-11-7-12-26-30(24)22(18-36-26)17-27(25)38(3)19-23)33(43)40-28(15-21-9-5-4-6-10-21)32(42)39-14-8-13-29(39)35(40,44)45-34;1-17(2)12-25-29(39)36-11-7-10-26(36)32(41)37(25)30(40)31(42-32,18(3)4)34-28(38)20-13-22-21-8-6-9-23-27(21)19(15-33-23)14-24(22)35(5)16-20;1-16(2)26-28(38)35-11-7-10-24(35)31(40)36(26)29(39)30(41-31,17(3)4)33-27(37)19-12-21-20-8-6-9-22-25(20)18(14-32-22)13-23(21)34(5)15-19/h4-7,9-12,16,18,20,23,27-29,36,44H,8,13-15,17,19H2,1-3H3,(H,37,41);6,8-9,13,15,17-18,20,24-26,33,41H,7,10-12,14,16H2,1-5H3,(H,34,38);6,8-9,12,14,16-17,19,23-24,26,32,40H,7,10-11,13,15H2,1-5H3,(H,33,37)/t23-,27-,28+,29+,34-,35+;20-,24-,25+,26+,31-,32+;19-,23-,24+,26+,30-,31+/m111/s1. The Labute approximate surface area is 744 Å². The van der Waals surface area contributed by atoms with Gasteiger partial charge >= 0.3 is 0 Å². The molecule has 9 N–H and O–H groups in total. The molecule has 0 bridgehead atoms. The van der Waals surface area contributed by atoms with Crippen LogP contribution in [0.3, 0.4) is 0 Å². The summed E-state index contributed by atoms with van der Waals surface area (Å²) in [5.41, 5.74) is 9.17. The fourth-order valence-corrected chi connectivity index (χ4v) is 24.5. The third kappa shape index (κ3) is 12.7. The molecule has 3 aromatic heterocycles. The van der Waals surface area contributed by atoms with Gasteiger partial charge in [0.05, 0.1) is 17.8 Å². The molecular weight excluding hydrogens is 1630 g/mol. The molecule has 0 unspecified atom stereocenters. The maximum Gasteiger partial charge on any atom is 0.281 e. The van der Waals surface area contributed by atoms with Crippen LogP contribution in [0.5, 0.6) is 0 Å². The normalized spacial score (nSPS) is 33.8. The monoisotopic (exact) mass is 1750 g/mol. The molecular formula is C98H119N15O15. The Morgan fingerprint density at radius 3 is 1.12 bits per heavy atom. The number of carbonyl (C=O) groups excluding carboxylic acids is 9. The van der Waals surface area contributed by atoms with E-state index in [-0.39, 0.29) is 71.8 Å². The second-order valence-electron chi connectivity index (χ2n) is 40.3. The Hall–Kier alpha value is -10.4. The number of ether oxygens (including phenoxy) is 3. The molecule has 30 heteroatoms. The number of benzene rings is 4. The third-order valence-corrected chi connectivity index (χ3v) is 31.0. The first-order valence-electron chi connectivity index (χ1n) is 46.3. The van der Waals surface area contributed by atoms with Crippen molar-refractivity contribution in [2.24, 2.45) is 47.3 Å². The van der Waals surface area contributed by atoms with Crippen molar-refractivity contribution in [3.8, 4) is 0 Å². The van der Waals surface area contributed by atoms with Crippen LogP contribution < -0.4 is 16.0 Å². The first-order valence-corrected chi connectivity index (χ1v) is 46.3. The molecule has 3 aliphatic carbocycles. The van der Waals surface area contributed by atoms with Gasteiger partial charge in [0.15, 0.2) is 0 Å². The zero-order valence-corrected chi connectivity index (χ0v) is 75.1. The van der Waals surface area contributed by atoms with Gasteiger partial charge < -0.3 is 60.9 Å². The third-order valence-electron chi connectivity index (χ3n) is 31.0. The minimum absolute atomic E-state index is 0.108. The van der Waals surface area contributed by atoms with E-state index in [1.54, 1.807) is 42.4 Å². The maximum absolute atomic E-state index is 14.6. The van der Waals surface area contributed by atoms with Crippen molar-refractivity contribution < 1.29 is 72.7 Å². The van der Waals surface area contributed by atoms with Crippen LogP contribution in [0.2, 0.25) is 0 Å². The van der Waals surface area contributed by atoms with E-state index in [0.717, 1.165) is 81.2 Å². The lowest BCUT2D eigenvalue weighted by atomic mass is 9.79. The lowest BCUT2D eigenvalue weighted by molar-refractivity contribution is -0.323. The van der Waals surface area contributed by atoms with E-state index in [1.165, 1.54) is 47.5 Å². The summed E-state index contributed by atoms with van der Waals surface area (Å²) >= 11 is 0. The summed E-state index contributed by atoms with van der Waals surface area (Å²) < 4.78 is 19.3. The van der Waals surface area contributed by atoms with Crippen LogP contribution >= 0.6 is 0 Å². The quantitative estimate of drug-likeness (QED) is 0.0524. The fraction of sp³-hybridized carbons (Fsp3) is 0.541. The fourth-order valence-electron chi connectivity index (χ4n) is 24.5. The van der Waals surface area contributed by atoms with Crippen LogP contribution in [0, 0.1) is 47.3 Å². The highest BCUT2D eigenvalue weighted by Gasteiger charge is 2.76. The van der Waals surface area contributed by atoms with E-state index in [4.69, 9.17) is 14.2 Å². The minimum Gasteiger partial charge on any atom is -0.361 e. The Balaban J connectivity index is 0.000000121. The van der Waals surface area contributed by atoms with E-state index in [1.807, 2.05) is 129 Å². The number of aromatic nitrogens is 3. The Morgan fingerprint density at radius 2 is 0.773 bits per heavy atom. The van der Waals surface area contributed by atoms with E-state index < -0.39 is 124 Å². The Morgan fingerprint density at radius 1 is 0.438 bits per heavy atom. The summed E-state index contributed by atoms with van der Waals surface area (Å²) in [5.74, 6) is -12.6. The molecule has 4 aromatic carbocycles. The molecule has 7 aromatic rings. The molecule has 128 heavy (non-hydrogen) atoms. The van der Waals surface area contributed by atoms with Gasteiger partial charge in [0.2, 0.25) is 52.6 Å². The molecule has 0 radical (unpaired) electrons. The molecule has 12 aliphatic heterocycles. The SMILES string of the molecule is CC(C)C[C@H]1C(=O)N2CCC[C@H]2[C@]2(O)O[C@](NC(=O)[C@@H]3C=C4c5cccc6[nH]cc(c56)C[C@H]4N(C)C3)(C(C)C)C(=O)N12.CC(C)[C@@]1(NC(=O)[C@@H]2C=C3c4cccc5[nH]cc(c45)C[C@H]3N(C)C2)O[C@@]2(O)[C@@H]3CCCN3C(=O)[C@H](Cc3ccccc3)N2C1=O.CC(C)[C@H]1C(=O)N2CCC[C@H]2[C@]2(O)O[C@](NC(=O)[C@@H]3C=C4c5cccc6[nH]cc(c56)C[C@H]4N(C)C3)(C(C)C)C(=O)N12. The van der Waals surface area contributed by atoms with Gasteiger partial charge in [-0.3, -0.25) is 86.8 Å². The molecule has 9 fully saturated rings. The summed E-state index contributed by atoms with van der Waals surface area (Å²) in [5, 5.41) is 49.1. The summed E-state index contributed by atoms with van der Waals surface area (Å²) in [6, 6.07) is 23.8. The number of nitrogens with zero attached hydrogens (tertiary/aromatic N) is 9.